The standard InChI is InChI=1S/C15H21N3O/c19-15(18-10-3-7-16-9-11-18)14-13-5-2-1-4-12(13)6-8-17-14/h1-2,4-5,14,16-17H,3,6-11H2. The zero-order chi connectivity index (χ0) is 13.1. The molecule has 0 aromatic heterocycles. The molecule has 0 bridgehead atoms. The Balaban J connectivity index is 1.80. The van der Waals surface area contributed by atoms with Crippen LogP contribution < -0.4 is 10.6 Å². The second-order valence-corrected chi connectivity index (χ2v) is 5.26. The first kappa shape index (κ1) is 12.6. The number of carbonyl (C=O) groups is 1. The number of hydrogen-bond acceptors (Lipinski definition) is 3. The second kappa shape index (κ2) is 5.72. The van der Waals surface area contributed by atoms with Crippen LogP contribution in [0.3, 0.4) is 0 Å². The number of hydrogen-bond donors (Lipinski definition) is 2. The molecule has 2 aliphatic rings. The van der Waals surface area contributed by atoms with Gasteiger partial charge in [-0.3, -0.25) is 4.79 Å². The minimum absolute atomic E-state index is 0.150. The van der Waals surface area contributed by atoms with Crippen LogP contribution >= 0.6 is 0 Å². The Morgan fingerprint density at radius 2 is 2.05 bits per heavy atom. The lowest BCUT2D eigenvalue weighted by atomic mass is 9.93. The maximum Gasteiger partial charge on any atom is 0.244 e. The van der Waals surface area contributed by atoms with E-state index in [2.05, 4.69) is 28.8 Å². The highest BCUT2D eigenvalue weighted by Crippen LogP contribution is 2.24. The third kappa shape index (κ3) is 2.65. The summed E-state index contributed by atoms with van der Waals surface area (Å²) in [6.45, 7) is 4.49. The zero-order valence-corrected chi connectivity index (χ0v) is 11.2. The Kier molecular flexibility index (Phi) is 3.80. The van der Waals surface area contributed by atoms with Crippen molar-refractivity contribution in [2.75, 3.05) is 32.7 Å². The first-order valence-electron chi connectivity index (χ1n) is 7.17. The molecule has 1 atom stereocenters. The third-order valence-corrected chi connectivity index (χ3v) is 4.01. The molecule has 0 spiro atoms. The molecule has 3 rings (SSSR count). The summed E-state index contributed by atoms with van der Waals surface area (Å²) in [6, 6.07) is 8.15. The monoisotopic (exact) mass is 259 g/mol. The van der Waals surface area contributed by atoms with Gasteiger partial charge in [0.2, 0.25) is 5.91 Å². The van der Waals surface area contributed by atoms with Crippen molar-refractivity contribution < 1.29 is 4.79 Å². The molecular formula is C15H21N3O. The molecule has 2 heterocycles. The molecule has 1 unspecified atom stereocenters. The topological polar surface area (TPSA) is 44.4 Å². The van der Waals surface area contributed by atoms with Crippen molar-refractivity contribution in [3.05, 3.63) is 35.4 Å². The fourth-order valence-electron chi connectivity index (χ4n) is 2.97. The van der Waals surface area contributed by atoms with E-state index in [9.17, 15) is 4.79 Å². The summed E-state index contributed by atoms with van der Waals surface area (Å²) in [5.74, 6) is 0.232. The molecule has 1 aromatic rings. The van der Waals surface area contributed by atoms with Crippen molar-refractivity contribution >= 4 is 5.91 Å². The average Bonchev–Trinajstić information content (AvgIpc) is 2.75. The number of fused-ring (bicyclic) bond motifs is 1. The van der Waals surface area contributed by atoms with Gasteiger partial charge in [-0.1, -0.05) is 24.3 Å². The summed E-state index contributed by atoms with van der Waals surface area (Å²) >= 11 is 0. The highest BCUT2D eigenvalue weighted by molar-refractivity contribution is 5.84. The first-order chi connectivity index (χ1) is 9.36. The van der Waals surface area contributed by atoms with Crippen molar-refractivity contribution in [1.82, 2.24) is 15.5 Å². The third-order valence-electron chi connectivity index (χ3n) is 4.01. The predicted molar refractivity (Wildman–Crippen MR) is 75.0 cm³/mol. The van der Waals surface area contributed by atoms with Gasteiger partial charge in [-0.2, -0.15) is 0 Å². The van der Waals surface area contributed by atoms with Gasteiger partial charge in [0, 0.05) is 26.2 Å². The first-order valence-corrected chi connectivity index (χ1v) is 7.17. The lowest BCUT2D eigenvalue weighted by Gasteiger charge is -2.31. The van der Waals surface area contributed by atoms with Gasteiger partial charge < -0.3 is 15.5 Å². The molecular weight excluding hydrogens is 238 g/mol. The molecule has 0 saturated carbocycles. The van der Waals surface area contributed by atoms with Crippen LogP contribution in [0.15, 0.2) is 24.3 Å². The summed E-state index contributed by atoms with van der Waals surface area (Å²) < 4.78 is 0. The van der Waals surface area contributed by atoms with Gasteiger partial charge in [0.1, 0.15) is 6.04 Å². The van der Waals surface area contributed by atoms with Crippen LogP contribution in [0.1, 0.15) is 23.6 Å². The van der Waals surface area contributed by atoms with Crippen molar-refractivity contribution in [2.45, 2.75) is 18.9 Å². The molecule has 1 aromatic carbocycles. The Labute approximate surface area is 114 Å². The Morgan fingerprint density at radius 1 is 1.16 bits per heavy atom. The van der Waals surface area contributed by atoms with Crippen molar-refractivity contribution in [3.63, 3.8) is 0 Å². The second-order valence-electron chi connectivity index (χ2n) is 5.26. The summed E-state index contributed by atoms with van der Waals surface area (Å²) in [5, 5.41) is 6.72. The highest BCUT2D eigenvalue weighted by atomic mass is 16.2. The van der Waals surface area contributed by atoms with Gasteiger partial charge in [-0.25, -0.2) is 0 Å². The Hall–Kier alpha value is -1.39. The number of carbonyl (C=O) groups excluding carboxylic acids is 1. The number of rotatable bonds is 1. The largest absolute Gasteiger partial charge is 0.340 e. The molecule has 19 heavy (non-hydrogen) atoms. The van der Waals surface area contributed by atoms with E-state index in [1.54, 1.807) is 0 Å². The van der Waals surface area contributed by atoms with Gasteiger partial charge in [0.05, 0.1) is 0 Å². The van der Waals surface area contributed by atoms with Crippen LogP contribution in [0, 0.1) is 0 Å². The smallest absolute Gasteiger partial charge is 0.244 e. The quantitative estimate of drug-likeness (QED) is 0.780. The fraction of sp³-hybridized carbons (Fsp3) is 0.533. The number of nitrogens with zero attached hydrogens (tertiary/aromatic N) is 1. The van der Waals surface area contributed by atoms with Gasteiger partial charge in [0.15, 0.2) is 0 Å². The SMILES string of the molecule is O=C(C1NCCc2ccccc21)N1CCCNCC1. The molecule has 1 fully saturated rings. The van der Waals surface area contributed by atoms with E-state index in [0.29, 0.717) is 0 Å². The maximum atomic E-state index is 12.7. The maximum absolute atomic E-state index is 12.7. The van der Waals surface area contributed by atoms with Crippen LogP contribution in [0.5, 0.6) is 0 Å². The molecule has 1 saturated heterocycles. The van der Waals surface area contributed by atoms with Crippen molar-refractivity contribution in [2.24, 2.45) is 0 Å². The molecule has 1 amide bonds. The molecule has 4 heteroatoms. The minimum Gasteiger partial charge on any atom is -0.340 e. The molecule has 2 aliphatic heterocycles. The van der Waals surface area contributed by atoms with E-state index < -0.39 is 0 Å². The number of amides is 1. The Morgan fingerprint density at radius 3 is 3.00 bits per heavy atom. The van der Waals surface area contributed by atoms with E-state index in [1.165, 1.54) is 5.56 Å². The number of nitrogens with one attached hydrogen (secondary N) is 2. The van der Waals surface area contributed by atoms with E-state index in [0.717, 1.165) is 51.1 Å². The van der Waals surface area contributed by atoms with Crippen LogP contribution in [0.2, 0.25) is 0 Å². The van der Waals surface area contributed by atoms with Gasteiger partial charge in [0.25, 0.3) is 0 Å². The molecule has 0 aliphatic carbocycles. The summed E-state index contributed by atoms with van der Waals surface area (Å²) in [7, 11) is 0. The van der Waals surface area contributed by atoms with Crippen molar-refractivity contribution in [1.29, 1.82) is 0 Å². The van der Waals surface area contributed by atoms with Gasteiger partial charge in [-0.15, -0.1) is 0 Å². The van der Waals surface area contributed by atoms with E-state index >= 15 is 0 Å². The zero-order valence-electron chi connectivity index (χ0n) is 11.2. The lowest BCUT2D eigenvalue weighted by Crippen LogP contribution is -2.44. The molecule has 102 valence electrons. The van der Waals surface area contributed by atoms with Crippen LogP contribution in [0.25, 0.3) is 0 Å². The van der Waals surface area contributed by atoms with E-state index in [4.69, 9.17) is 0 Å². The van der Waals surface area contributed by atoms with Crippen LogP contribution in [0.4, 0.5) is 0 Å². The summed E-state index contributed by atoms with van der Waals surface area (Å²) in [6.07, 6.45) is 2.06. The van der Waals surface area contributed by atoms with Gasteiger partial charge >= 0.3 is 0 Å². The lowest BCUT2D eigenvalue weighted by molar-refractivity contribution is -0.133. The Bertz CT molecular complexity index is 452. The molecule has 4 nitrogen and oxygen atoms in total. The summed E-state index contributed by atoms with van der Waals surface area (Å²) in [5.41, 5.74) is 2.48. The molecule has 0 radical (unpaired) electrons. The van der Waals surface area contributed by atoms with Gasteiger partial charge in [-0.05, 0) is 30.5 Å². The normalized spacial score (nSPS) is 23.6. The van der Waals surface area contributed by atoms with Crippen LogP contribution in [-0.4, -0.2) is 43.5 Å². The molecule has 2 N–H and O–H groups in total. The fourth-order valence-corrected chi connectivity index (χ4v) is 2.97. The minimum atomic E-state index is -0.150. The van der Waals surface area contributed by atoms with E-state index in [1.807, 2.05) is 11.0 Å². The summed E-state index contributed by atoms with van der Waals surface area (Å²) in [4.78, 5) is 14.7. The number of benzene rings is 1. The van der Waals surface area contributed by atoms with Crippen molar-refractivity contribution in [3.8, 4) is 0 Å². The van der Waals surface area contributed by atoms with E-state index in [-0.39, 0.29) is 11.9 Å². The average molecular weight is 259 g/mol. The highest BCUT2D eigenvalue weighted by Gasteiger charge is 2.29. The predicted octanol–water partition coefficient (Wildman–Crippen LogP) is 0.695. The van der Waals surface area contributed by atoms with Crippen LogP contribution in [-0.2, 0) is 11.2 Å².